The lowest BCUT2D eigenvalue weighted by atomic mass is 9.77. The smallest absolute Gasteiger partial charge is 0.126 e. The standard InChI is InChI=1S/C10H14BrNOS/c1-7-4-2-3-5-10(7,13)9-12-8(11)6-14-9/h6-7,13H,2-5H2,1H3. The Morgan fingerprint density at radius 3 is 3.00 bits per heavy atom. The van der Waals surface area contributed by atoms with Crippen molar-refractivity contribution in [3.8, 4) is 0 Å². The van der Waals surface area contributed by atoms with Crippen LogP contribution in [-0.4, -0.2) is 10.1 Å². The van der Waals surface area contributed by atoms with E-state index in [1.165, 1.54) is 6.42 Å². The number of aromatic nitrogens is 1. The predicted molar refractivity (Wildman–Crippen MR) is 61.3 cm³/mol. The van der Waals surface area contributed by atoms with Crippen LogP contribution in [0.2, 0.25) is 0 Å². The van der Waals surface area contributed by atoms with Crippen LogP contribution in [0.1, 0.15) is 37.6 Å². The van der Waals surface area contributed by atoms with E-state index in [9.17, 15) is 5.11 Å². The molecular weight excluding hydrogens is 262 g/mol. The molecule has 2 unspecified atom stereocenters. The molecule has 1 N–H and O–H groups in total. The van der Waals surface area contributed by atoms with Crippen LogP contribution >= 0.6 is 27.3 Å². The lowest BCUT2D eigenvalue weighted by molar-refractivity contribution is -0.0471. The fourth-order valence-electron chi connectivity index (χ4n) is 2.10. The summed E-state index contributed by atoms with van der Waals surface area (Å²) in [6, 6.07) is 0. The molecule has 14 heavy (non-hydrogen) atoms. The molecule has 2 rings (SSSR count). The van der Waals surface area contributed by atoms with Crippen molar-refractivity contribution in [1.82, 2.24) is 4.98 Å². The summed E-state index contributed by atoms with van der Waals surface area (Å²) in [4.78, 5) is 4.34. The van der Waals surface area contributed by atoms with Crippen molar-refractivity contribution in [3.63, 3.8) is 0 Å². The van der Waals surface area contributed by atoms with Gasteiger partial charge in [-0.2, -0.15) is 0 Å². The van der Waals surface area contributed by atoms with Gasteiger partial charge in [0.1, 0.15) is 15.2 Å². The highest BCUT2D eigenvalue weighted by Crippen LogP contribution is 2.42. The Hall–Kier alpha value is 0.0700. The summed E-state index contributed by atoms with van der Waals surface area (Å²) in [6.45, 7) is 2.12. The van der Waals surface area contributed by atoms with E-state index in [1.807, 2.05) is 5.38 Å². The van der Waals surface area contributed by atoms with E-state index in [1.54, 1.807) is 11.3 Å². The van der Waals surface area contributed by atoms with Crippen molar-refractivity contribution in [1.29, 1.82) is 0 Å². The van der Waals surface area contributed by atoms with Crippen LogP contribution in [0, 0.1) is 5.92 Å². The van der Waals surface area contributed by atoms with Crippen molar-refractivity contribution in [2.45, 2.75) is 38.2 Å². The van der Waals surface area contributed by atoms with Gasteiger partial charge in [-0.05, 0) is 34.7 Å². The van der Waals surface area contributed by atoms with E-state index < -0.39 is 5.60 Å². The third-order valence-electron chi connectivity index (χ3n) is 3.11. The maximum absolute atomic E-state index is 10.6. The molecule has 0 saturated heterocycles. The van der Waals surface area contributed by atoms with E-state index in [4.69, 9.17) is 0 Å². The van der Waals surface area contributed by atoms with Crippen molar-refractivity contribution in [2.75, 3.05) is 0 Å². The second-order valence-electron chi connectivity index (χ2n) is 4.05. The Labute approximate surface area is 96.5 Å². The summed E-state index contributed by atoms with van der Waals surface area (Å²) in [5.74, 6) is 0.328. The quantitative estimate of drug-likeness (QED) is 0.853. The van der Waals surface area contributed by atoms with E-state index in [0.717, 1.165) is 28.9 Å². The minimum atomic E-state index is -0.672. The Balaban J connectivity index is 2.29. The molecule has 1 aromatic rings. The number of nitrogens with zero attached hydrogens (tertiary/aromatic N) is 1. The molecule has 2 nitrogen and oxygen atoms in total. The monoisotopic (exact) mass is 275 g/mol. The molecule has 0 aromatic carbocycles. The summed E-state index contributed by atoms with van der Waals surface area (Å²) in [5, 5.41) is 13.4. The molecule has 1 aliphatic carbocycles. The molecule has 4 heteroatoms. The minimum absolute atomic E-state index is 0.328. The first kappa shape index (κ1) is 10.6. The predicted octanol–water partition coefficient (Wildman–Crippen LogP) is 3.30. The van der Waals surface area contributed by atoms with Gasteiger partial charge in [-0.15, -0.1) is 11.3 Å². The Bertz CT molecular complexity index is 328. The summed E-state index contributed by atoms with van der Waals surface area (Å²) in [6.07, 6.45) is 4.30. The van der Waals surface area contributed by atoms with Gasteiger partial charge in [-0.3, -0.25) is 0 Å². The lowest BCUT2D eigenvalue weighted by Gasteiger charge is -2.36. The summed E-state index contributed by atoms with van der Waals surface area (Å²) < 4.78 is 0.837. The normalized spacial score (nSPS) is 33.2. The lowest BCUT2D eigenvalue weighted by Crippen LogP contribution is -2.36. The van der Waals surface area contributed by atoms with Crippen molar-refractivity contribution in [2.24, 2.45) is 5.92 Å². The highest BCUT2D eigenvalue weighted by molar-refractivity contribution is 9.10. The minimum Gasteiger partial charge on any atom is -0.382 e. The van der Waals surface area contributed by atoms with Gasteiger partial charge < -0.3 is 5.11 Å². The van der Waals surface area contributed by atoms with E-state index in [0.29, 0.717) is 5.92 Å². The van der Waals surface area contributed by atoms with Crippen LogP contribution in [0.25, 0.3) is 0 Å². The molecule has 0 bridgehead atoms. The van der Waals surface area contributed by atoms with Gasteiger partial charge in [-0.25, -0.2) is 4.98 Å². The zero-order valence-electron chi connectivity index (χ0n) is 8.16. The highest BCUT2D eigenvalue weighted by Gasteiger charge is 2.39. The average molecular weight is 276 g/mol. The molecule has 0 aliphatic heterocycles. The van der Waals surface area contributed by atoms with Gasteiger partial charge in [-0.1, -0.05) is 19.8 Å². The molecule has 0 amide bonds. The van der Waals surface area contributed by atoms with Crippen LogP contribution < -0.4 is 0 Å². The van der Waals surface area contributed by atoms with Gasteiger partial charge in [0, 0.05) is 5.38 Å². The molecular formula is C10H14BrNOS. The SMILES string of the molecule is CC1CCCCC1(O)c1nc(Br)cs1. The number of rotatable bonds is 1. The molecule has 1 heterocycles. The molecule has 1 aliphatic rings. The number of hydrogen-bond donors (Lipinski definition) is 1. The maximum Gasteiger partial charge on any atom is 0.126 e. The van der Waals surface area contributed by atoms with Gasteiger partial charge in [0.2, 0.25) is 0 Å². The van der Waals surface area contributed by atoms with Gasteiger partial charge >= 0.3 is 0 Å². The van der Waals surface area contributed by atoms with E-state index in [-0.39, 0.29) is 0 Å². The summed E-state index contributed by atoms with van der Waals surface area (Å²) in [5.41, 5.74) is -0.672. The average Bonchev–Trinajstić information content (AvgIpc) is 2.58. The molecule has 2 atom stereocenters. The van der Waals surface area contributed by atoms with Gasteiger partial charge in [0.15, 0.2) is 0 Å². The first-order valence-corrected chi connectivity index (χ1v) is 6.64. The van der Waals surface area contributed by atoms with Crippen LogP contribution in [-0.2, 0) is 5.60 Å². The number of aliphatic hydroxyl groups is 1. The third-order valence-corrected chi connectivity index (χ3v) is 4.83. The van der Waals surface area contributed by atoms with Crippen molar-refractivity contribution >= 4 is 27.3 Å². The highest BCUT2D eigenvalue weighted by atomic mass is 79.9. The number of thiazole rings is 1. The van der Waals surface area contributed by atoms with Gasteiger partial charge in [0.05, 0.1) is 0 Å². The van der Waals surface area contributed by atoms with Crippen molar-refractivity contribution in [3.05, 3.63) is 15.0 Å². The second kappa shape index (κ2) is 3.91. The topological polar surface area (TPSA) is 33.1 Å². The molecule has 0 radical (unpaired) electrons. The molecule has 0 spiro atoms. The first-order valence-electron chi connectivity index (χ1n) is 4.97. The number of halogens is 1. The Kier molecular flexibility index (Phi) is 2.96. The zero-order chi connectivity index (χ0) is 10.2. The van der Waals surface area contributed by atoms with Crippen molar-refractivity contribution < 1.29 is 5.11 Å². The third kappa shape index (κ3) is 1.75. The fourth-order valence-corrected chi connectivity index (χ4v) is 3.60. The second-order valence-corrected chi connectivity index (χ2v) is 5.72. The maximum atomic E-state index is 10.6. The van der Waals surface area contributed by atoms with E-state index in [2.05, 4.69) is 27.8 Å². The van der Waals surface area contributed by atoms with Crippen LogP contribution in [0.4, 0.5) is 0 Å². The van der Waals surface area contributed by atoms with E-state index >= 15 is 0 Å². The first-order chi connectivity index (χ1) is 6.63. The Morgan fingerprint density at radius 2 is 2.43 bits per heavy atom. The molecule has 1 fully saturated rings. The zero-order valence-corrected chi connectivity index (χ0v) is 10.6. The van der Waals surface area contributed by atoms with Crippen LogP contribution in [0.15, 0.2) is 9.98 Å². The van der Waals surface area contributed by atoms with Gasteiger partial charge in [0.25, 0.3) is 0 Å². The molecule has 1 aromatic heterocycles. The van der Waals surface area contributed by atoms with Crippen LogP contribution in [0.5, 0.6) is 0 Å². The number of hydrogen-bond acceptors (Lipinski definition) is 3. The molecule has 1 saturated carbocycles. The van der Waals surface area contributed by atoms with Crippen LogP contribution in [0.3, 0.4) is 0 Å². The fraction of sp³-hybridized carbons (Fsp3) is 0.700. The largest absolute Gasteiger partial charge is 0.382 e. The summed E-state index contributed by atoms with van der Waals surface area (Å²) in [7, 11) is 0. The summed E-state index contributed by atoms with van der Waals surface area (Å²) >= 11 is 4.88. The Morgan fingerprint density at radius 1 is 1.64 bits per heavy atom. The molecule has 78 valence electrons.